The summed E-state index contributed by atoms with van der Waals surface area (Å²) in [7, 11) is 0. The molecule has 1 aliphatic rings. The van der Waals surface area contributed by atoms with Crippen molar-refractivity contribution in [2.75, 3.05) is 12.3 Å². The van der Waals surface area contributed by atoms with Crippen LogP contribution in [0, 0.1) is 11.2 Å². The molecule has 144 valence electrons. The van der Waals surface area contributed by atoms with Crippen LogP contribution in [0.25, 0.3) is 11.1 Å². The smallest absolute Gasteiger partial charge is 0.263 e. The fourth-order valence-electron chi connectivity index (χ4n) is 3.08. The van der Waals surface area contributed by atoms with Gasteiger partial charge in [0.2, 0.25) is 0 Å². The molecular weight excluding hydrogens is 397 g/mol. The van der Waals surface area contributed by atoms with Gasteiger partial charge in [0.25, 0.3) is 5.92 Å². The molecule has 1 aliphatic heterocycles. The van der Waals surface area contributed by atoms with Crippen molar-refractivity contribution >= 4 is 35.1 Å². The molecule has 1 saturated heterocycles. The Balaban J connectivity index is 1.90. The van der Waals surface area contributed by atoms with Crippen molar-refractivity contribution in [1.82, 2.24) is 4.31 Å². The van der Waals surface area contributed by atoms with Gasteiger partial charge in [-0.1, -0.05) is 17.7 Å². The molecule has 1 atom stereocenters. The summed E-state index contributed by atoms with van der Waals surface area (Å²) in [5.74, 6) is -3.90. The number of rotatable bonds is 4. The second-order valence-corrected chi connectivity index (χ2v) is 8.05. The van der Waals surface area contributed by atoms with Gasteiger partial charge in [0.15, 0.2) is 0 Å². The van der Waals surface area contributed by atoms with Crippen LogP contribution in [0.15, 0.2) is 35.2 Å². The number of alkyl halides is 2. The summed E-state index contributed by atoms with van der Waals surface area (Å²) >= 11 is 7.52. The van der Waals surface area contributed by atoms with E-state index in [0.717, 1.165) is 0 Å². The number of nitrogens with zero attached hydrogens (tertiary/aromatic N) is 1. The number of amidine groups is 1. The molecule has 2 aromatic rings. The third kappa shape index (κ3) is 4.02. The Morgan fingerprint density at radius 3 is 2.52 bits per heavy atom. The largest absolute Gasteiger partial charge is 0.398 e. The van der Waals surface area contributed by atoms with Gasteiger partial charge in [0, 0.05) is 39.2 Å². The van der Waals surface area contributed by atoms with Gasteiger partial charge < -0.3 is 11.5 Å². The summed E-state index contributed by atoms with van der Waals surface area (Å²) < 4.78 is 43.4. The van der Waals surface area contributed by atoms with Crippen LogP contribution in [0.4, 0.5) is 18.9 Å². The number of benzene rings is 2. The monoisotopic (exact) mass is 414 g/mol. The minimum absolute atomic E-state index is 0.0657. The summed E-state index contributed by atoms with van der Waals surface area (Å²) in [6, 6.07) is 7.57. The van der Waals surface area contributed by atoms with E-state index in [1.54, 1.807) is 29.4 Å². The van der Waals surface area contributed by atoms with Crippen LogP contribution in [-0.4, -0.2) is 28.6 Å². The normalized spacial score (nSPS) is 19.4. The Labute approximate surface area is 164 Å². The third-order valence-corrected chi connectivity index (χ3v) is 5.87. The SMILES string of the molecule is CC1CC(F)(F)CN1Sc1ccc(-c2ccc(N)c(C(=N)N)c2F)c(Cl)c1. The molecule has 0 radical (unpaired) electrons. The second-order valence-electron chi connectivity index (χ2n) is 6.52. The van der Waals surface area contributed by atoms with Crippen molar-refractivity contribution in [3.8, 4) is 11.1 Å². The highest BCUT2D eigenvalue weighted by Gasteiger charge is 2.43. The number of nitrogens with one attached hydrogen (secondary N) is 1. The Bertz CT molecular complexity index is 906. The first kappa shape index (κ1) is 19.9. The molecule has 0 spiro atoms. The molecule has 1 heterocycles. The lowest BCUT2D eigenvalue weighted by molar-refractivity contribution is 0.0179. The van der Waals surface area contributed by atoms with Crippen molar-refractivity contribution in [1.29, 1.82) is 5.41 Å². The Morgan fingerprint density at radius 1 is 1.30 bits per heavy atom. The maximum absolute atomic E-state index is 14.8. The minimum atomic E-state index is -2.70. The summed E-state index contributed by atoms with van der Waals surface area (Å²) in [5, 5.41) is 7.76. The maximum Gasteiger partial charge on any atom is 0.263 e. The molecule has 0 bridgehead atoms. The third-order valence-electron chi connectivity index (χ3n) is 4.37. The van der Waals surface area contributed by atoms with Crippen LogP contribution < -0.4 is 11.5 Å². The van der Waals surface area contributed by atoms with Crippen molar-refractivity contribution in [2.24, 2.45) is 5.73 Å². The highest BCUT2D eigenvalue weighted by atomic mass is 35.5. The first-order valence-electron chi connectivity index (χ1n) is 8.14. The van der Waals surface area contributed by atoms with Gasteiger partial charge in [0.1, 0.15) is 11.7 Å². The number of halogens is 4. The molecule has 3 rings (SSSR count). The van der Waals surface area contributed by atoms with Crippen LogP contribution in [0.5, 0.6) is 0 Å². The molecule has 4 nitrogen and oxygen atoms in total. The van der Waals surface area contributed by atoms with Crippen LogP contribution in [-0.2, 0) is 0 Å². The van der Waals surface area contributed by atoms with Gasteiger partial charge in [0.05, 0.1) is 12.1 Å². The Morgan fingerprint density at radius 2 is 1.96 bits per heavy atom. The molecule has 9 heteroatoms. The van der Waals surface area contributed by atoms with Crippen LogP contribution in [0.2, 0.25) is 5.02 Å². The van der Waals surface area contributed by atoms with Gasteiger partial charge in [-0.25, -0.2) is 17.5 Å². The molecule has 0 saturated carbocycles. The van der Waals surface area contributed by atoms with E-state index in [0.29, 0.717) is 10.5 Å². The second kappa shape index (κ2) is 7.26. The number of hydrogen-bond acceptors (Lipinski definition) is 4. The predicted octanol–water partition coefficient (Wildman–Crippen LogP) is 4.75. The van der Waals surface area contributed by atoms with Gasteiger partial charge in [-0.15, -0.1) is 0 Å². The Hall–Kier alpha value is -1.90. The highest BCUT2D eigenvalue weighted by molar-refractivity contribution is 7.97. The lowest BCUT2D eigenvalue weighted by Crippen LogP contribution is -2.21. The quantitative estimate of drug-likeness (QED) is 0.292. The van der Waals surface area contributed by atoms with Gasteiger partial charge in [-0.3, -0.25) is 5.41 Å². The van der Waals surface area contributed by atoms with E-state index in [9.17, 15) is 13.2 Å². The lowest BCUT2D eigenvalue weighted by Gasteiger charge is -2.19. The van der Waals surface area contributed by atoms with Gasteiger partial charge >= 0.3 is 0 Å². The highest BCUT2D eigenvalue weighted by Crippen LogP contribution is 2.41. The summed E-state index contributed by atoms with van der Waals surface area (Å²) in [5.41, 5.74) is 11.6. The lowest BCUT2D eigenvalue weighted by atomic mass is 10.00. The first-order valence-corrected chi connectivity index (χ1v) is 9.29. The van der Waals surface area contributed by atoms with Crippen LogP contribution >= 0.6 is 23.5 Å². The number of anilines is 1. The number of hydrogen-bond donors (Lipinski definition) is 3. The maximum atomic E-state index is 14.8. The van der Waals surface area contributed by atoms with Crippen molar-refractivity contribution < 1.29 is 13.2 Å². The molecule has 2 aromatic carbocycles. The van der Waals surface area contributed by atoms with Crippen molar-refractivity contribution in [3.05, 3.63) is 46.7 Å². The van der Waals surface area contributed by atoms with Gasteiger partial charge in [-0.2, -0.15) is 0 Å². The molecule has 5 N–H and O–H groups in total. The Kier molecular flexibility index (Phi) is 5.33. The van der Waals surface area contributed by atoms with Crippen LogP contribution in [0.1, 0.15) is 18.9 Å². The number of nitrogen functional groups attached to an aromatic ring is 2. The molecule has 0 aromatic heterocycles. The topological polar surface area (TPSA) is 79.1 Å². The fraction of sp³-hybridized carbons (Fsp3) is 0.278. The zero-order valence-electron chi connectivity index (χ0n) is 14.4. The first-order chi connectivity index (χ1) is 12.6. The standard InChI is InChI=1S/C18H18ClF3N4S/c1-9-7-18(21,22)8-26(9)27-10-2-3-11(13(19)6-10)12-4-5-14(23)15(16(12)20)17(24)25/h2-6,9H,7-8,23H2,1H3,(H3,24,25). The zero-order valence-corrected chi connectivity index (χ0v) is 16.0. The van der Waals surface area contributed by atoms with E-state index >= 15 is 0 Å². The average Bonchev–Trinajstić information content (AvgIpc) is 2.80. The molecule has 27 heavy (non-hydrogen) atoms. The minimum Gasteiger partial charge on any atom is -0.398 e. The van der Waals surface area contributed by atoms with Crippen LogP contribution in [0.3, 0.4) is 0 Å². The number of nitrogens with two attached hydrogens (primary N) is 2. The zero-order chi connectivity index (χ0) is 19.9. The molecule has 1 unspecified atom stereocenters. The summed E-state index contributed by atoms with van der Waals surface area (Å²) in [4.78, 5) is 0.677. The van der Waals surface area contributed by atoms with E-state index in [1.165, 1.54) is 24.1 Å². The van der Waals surface area contributed by atoms with E-state index in [1.807, 2.05) is 0 Å². The van der Waals surface area contributed by atoms with E-state index in [4.69, 9.17) is 28.5 Å². The van der Waals surface area contributed by atoms with Crippen molar-refractivity contribution in [2.45, 2.75) is 30.2 Å². The van der Waals surface area contributed by atoms with Crippen molar-refractivity contribution in [3.63, 3.8) is 0 Å². The summed E-state index contributed by atoms with van der Waals surface area (Å²) in [6.45, 7) is 1.42. The predicted molar refractivity (Wildman–Crippen MR) is 104 cm³/mol. The van der Waals surface area contributed by atoms with E-state index in [2.05, 4.69) is 0 Å². The molecular formula is C18H18ClF3N4S. The van der Waals surface area contributed by atoms with E-state index in [-0.39, 0.29) is 40.8 Å². The fourth-order valence-corrected chi connectivity index (χ4v) is 4.51. The summed E-state index contributed by atoms with van der Waals surface area (Å²) in [6.07, 6.45) is -0.184. The average molecular weight is 415 g/mol. The molecule has 0 aliphatic carbocycles. The molecule has 1 fully saturated rings. The van der Waals surface area contributed by atoms with Gasteiger partial charge in [-0.05, 0) is 43.1 Å². The molecule has 0 amide bonds. The van der Waals surface area contributed by atoms with E-state index < -0.39 is 17.6 Å².